The molecule has 5 N–H and O–H groups in total. The standard InChI is InChI=1S/C21H33N3O4S/c1-4-29-11-10-16(22)19(25)23-17(12-14(2)3)20(26)24-18(21(27)28)13-15-8-6-5-7-9-15/h5-9,14,16-18H,4,10-13,22H2,1-3H3,(H,23,25)(H,24,26)(H,27,28). The summed E-state index contributed by atoms with van der Waals surface area (Å²) in [7, 11) is 0. The van der Waals surface area contributed by atoms with E-state index in [1.165, 1.54) is 0 Å². The third-order valence-corrected chi connectivity index (χ3v) is 5.28. The molecular formula is C21H33N3O4S. The summed E-state index contributed by atoms with van der Waals surface area (Å²) in [5, 5.41) is 14.8. The zero-order chi connectivity index (χ0) is 21.8. The van der Waals surface area contributed by atoms with E-state index in [4.69, 9.17) is 5.73 Å². The molecule has 7 nitrogen and oxygen atoms in total. The van der Waals surface area contributed by atoms with Crippen LogP contribution in [0.1, 0.15) is 39.2 Å². The number of rotatable bonds is 13. The number of thioether (sulfide) groups is 1. The topological polar surface area (TPSA) is 122 Å². The zero-order valence-electron chi connectivity index (χ0n) is 17.4. The summed E-state index contributed by atoms with van der Waals surface area (Å²) in [4.78, 5) is 36.8. The number of hydrogen-bond acceptors (Lipinski definition) is 5. The first-order valence-electron chi connectivity index (χ1n) is 9.95. The van der Waals surface area contributed by atoms with Crippen molar-refractivity contribution in [3.05, 3.63) is 35.9 Å². The Bertz CT molecular complexity index is 655. The van der Waals surface area contributed by atoms with E-state index in [1.807, 2.05) is 51.1 Å². The maximum Gasteiger partial charge on any atom is 0.326 e. The van der Waals surface area contributed by atoms with Gasteiger partial charge in [0.25, 0.3) is 0 Å². The number of amides is 2. The van der Waals surface area contributed by atoms with Gasteiger partial charge in [0.1, 0.15) is 12.1 Å². The lowest BCUT2D eigenvalue weighted by Crippen LogP contribution is -2.55. The van der Waals surface area contributed by atoms with Crippen LogP contribution in [-0.4, -0.2) is 52.5 Å². The minimum absolute atomic E-state index is 0.135. The maximum absolute atomic E-state index is 12.8. The van der Waals surface area contributed by atoms with E-state index in [2.05, 4.69) is 10.6 Å². The van der Waals surface area contributed by atoms with E-state index >= 15 is 0 Å². The Morgan fingerprint density at radius 2 is 1.69 bits per heavy atom. The van der Waals surface area contributed by atoms with Crippen LogP contribution in [0.25, 0.3) is 0 Å². The number of carboxylic acid groups (broad SMARTS) is 1. The first-order chi connectivity index (χ1) is 13.7. The highest BCUT2D eigenvalue weighted by molar-refractivity contribution is 7.99. The third-order valence-electron chi connectivity index (χ3n) is 4.35. The maximum atomic E-state index is 12.8. The molecular weight excluding hydrogens is 390 g/mol. The molecule has 162 valence electrons. The molecule has 0 aliphatic carbocycles. The molecule has 2 amide bonds. The number of carbonyl (C=O) groups is 3. The van der Waals surface area contributed by atoms with Crippen molar-refractivity contribution in [3.8, 4) is 0 Å². The van der Waals surface area contributed by atoms with Gasteiger partial charge in [-0.15, -0.1) is 0 Å². The molecule has 0 bridgehead atoms. The van der Waals surface area contributed by atoms with Crippen molar-refractivity contribution in [1.29, 1.82) is 0 Å². The first kappa shape index (κ1) is 25.0. The monoisotopic (exact) mass is 423 g/mol. The highest BCUT2D eigenvalue weighted by atomic mass is 32.2. The molecule has 0 fully saturated rings. The summed E-state index contributed by atoms with van der Waals surface area (Å²) in [5.41, 5.74) is 6.74. The van der Waals surface area contributed by atoms with E-state index in [1.54, 1.807) is 11.8 Å². The van der Waals surface area contributed by atoms with Crippen molar-refractivity contribution < 1.29 is 19.5 Å². The average molecular weight is 424 g/mol. The molecule has 0 aliphatic heterocycles. The smallest absolute Gasteiger partial charge is 0.326 e. The van der Waals surface area contributed by atoms with Crippen LogP contribution in [0.4, 0.5) is 0 Å². The van der Waals surface area contributed by atoms with E-state index < -0.39 is 35.9 Å². The van der Waals surface area contributed by atoms with E-state index in [-0.39, 0.29) is 12.3 Å². The van der Waals surface area contributed by atoms with Gasteiger partial charge in [-0.3, -0.25) is 9.59 Å². The fourth-order valence-electron chi connectivity index (χ4n) is 2.79. The minimum Gasteiger partial charge on any atom is -0.480 e. The Morgan fingerprint density at radius 3 is 2.24 bits per heavy atom. The van der Waals surface area contributed by atoms with Gasteiger partial charge in [0.2, 0.25) is 11.8 Å². The van der Waals surface area contributed by atoms with Crippen molar-refractivity contribution in [1.82, 2.24) is 10.6 Å². The first-order valence-corrected chi connectivity index (χ1v) is 11.1. The predicted octanol–water partition coefficient (Wildman–Crippen LogP) is 1.80. The van der Waals surface area contributed by atoms with Gasteiger partial charge in [-0.25, -0.2) is 4.79 Å². The summed E-state index contributed by atoms with van der Waals surface area (Å²) in [6.45, 7) is 5.90. The van der Waals surface area contributed by atoms with Crippen molar-refractivity contribution in [2.75, 3.05) is 11.5 Å². The van der Waals surface area contributed by atoms with Gasteiger partial charge >= 0.3 is 5.97 Å². The van der Waals surface area contributed by atoms with E-state index in [9.17, 15) is 19.5 Å². The van der Waals surface area contributed by atoms with Crippen LogP contribution >= 0.6 is 11.8 Å². The molecule has 3 atom stereocenters. The molecule has 0 radical (unpaired) electrons. The van der Waals surface area contributed by atoms with Crippen LogP contribution in [-0.2, 0) is 20.8 Å². The van der Waals surface area contributed by atoms with Gasteiger partial charge in [0.15, 0.2) is 0 Å². The second-order valence-corrected chi connectivity index (χ2v) is 8.77. The molecule has 0 aromatic heterocycles. The summed E-state index contributed by atoms with van der Waals surface area (Å²) >= 11 is 1.70. The van der Waals surface area contributed by atoms with Gasteiger partial charge in [-0.1, -0.05) is 51.1 Å². The van der Waals surface area contributed by atoms with Gasteiger partial charge in [-0.05, 0) is 35.8 Å². The Labute approximate surface area is 177 Å². The van der Waals surface area contributed by atoms with Crippen LogP contribution < -0.4 is 16.4 Å². The fraction of sp³-hybridized carbons (Fsp3) is 0.571. The predicted molar refractivity (Wildman–Crippen MR) is 117 cm³/mol. The second-order valence-electron chi connectivity index (χ2n) is 7.37. The zero-order valence-corrected chi connectivity index (χ0v) is 18.2. The SMILES string of the molecule is CCSCCC(N)C(=O)NC(CC(C)C)C(=O)NC(Cc1ccccc1)C(=O)O. The highest BCUT2D eigenvalue weighted by Crippen LogP contribution is 2.09. The molecule has 1 aromatic rings. The number of nitrogens with two attached hydrogens (primary N) is 1. The summed E-state index contributed by atoms with van der Waals surface area (Å²) in [5.74, 6) is -0.168. The molecule has 0 aliphatic rings. The van der Waals surface area contributed by atoms with Crippen LogP contribution in [0, 0.1) is 5.92 Å². The highest BCUT2D eigenvalue weighted by Gasteiger charge is 2.28. The molecule has 0 spiro atoms. The summed E-state index contributed by atoms with van der Waals surface area (Å²) in [6.07, 6.45) is 1.08. The lowest BCUT2D eigenvalue weighted by atomic mass is 10.0. The van der Waals surface area contributed by atoms with Crippen molar-refractivity contribution in [2.45, 2.75) is 58.2 Å². The fourth-order valence-corrected chi connectivity index (χ4v) is 3.50. The van der Waals surface area contributed by atoms with Crippen molar-refractivity contribution in [3.63, 3.8) is 0 Å². The lowest BCUT2D eigenvalue weighted by molar-refractivity contribution is -0.142. The van der Waals surface area contributed by atoms with E-state index in [0.717, 1.165) is 17.1 Å². The average Bonchev–Trinajstić information content (AvgIpc) is 2.67. The normalized spacial score (nSPS) is 14.1. The summed E-state index contributed by atoms with van der Waals surface area (Å²) in [6, 6.07) is 6.48. The molecule has 0 saturated carbocycles. The van der Waals surface area contributed by atoms with Crippen molar-refractivity contribution >= 4 is 29.5 Å². The molecule has 1 aromatic carbocycles. The number of nitrogens with one attached hydrogen (secondary N) is 2. The lowest BCUT2D eigenvalue weighted by Gasteiger charge is -2.24. The molecule has 8 heteroatoms. The van der Waals surface area contributed by atoms with Crippen LogP contribution in [0.15, 0.2) is 30.3 Å². The molecule has 29 heavy (non-hydrogen) atoms. The number of aliphatic carboxylic acids is 1. The van der Waals surface area contributed by atoms with Crippen molar-refractivity contribution in [2.24, 2.45) is 11.7 Å². The van der Waals surface area contributed by atoms with Crippen LogP contribution in [0.2, 0.25) is 0 Å². The Balaban J connectivity index is 2.77. The van der Waals surface area contributed by atoms with E-state index in [0.29, 0.717) is 12.8 Å². The largest absolute Gasteiger partial charge is 0.480 e. The molecule has 0 saturated heterocycles. The number of carboxylic acids is 1. The van der Waals surface area contributed by atoms with Gasteiger partial charge in [0, 0.05) is 6.42 Å². The number of benzene rings is 1. The van der Waals surface area contributed by atoms with Gasteiger partial charge < -0.3 is 21.5 Å². The second kappa shape index (κ2) is 13.2. The van der Waals surface area contributed by atoms with Crippen LogP contribution in [0.5, 0.6) is 0 Å². The summed E-state index contributed by atoms with van der Waals surface area (Å²) < 4.78 is 0. The number of carbonyl (C=O) groups excluding carboxylic acids is 2. The molecule has 3 unspecified atom stereocenters. The van der Waals surface area contributed by atoms with Gasteiger partial charge in [-0.2, -0.15) is 11.8 Å². The molecule has 0 heterocycles. The third kappa shape index (κ3) is 9.80. The van der Waals surface area contributed by atoms with Gasteiger partial charge in [0.05, 0.1) is 6.04 Å². The Kier molecular flexibility index (Phi) is 11.4. The number of hydrogen-bond donors (Lipinski definition) is 4. The quantitative estimate of drug-likeness (QED) is 0.359. The Hall–Kier alpha value is -2.06. The Morgan fingerprint density at radius 1 is 1.07 bits per heavy atom. The minimum atomic E-state index is -1.12. The van der Waals surface area contributed by atoms with Crippen LogP contribution in [0.3, 0.4) is 0 Å². The molecule has 1 rings (SSSR count).